The summed E-state index contributed by atoms with van der Waals surface area (Å²) in [5.74, 6) is 2.00. The summed E-state index contributed by atoms with van der Waals surface area (Å²) in [6.07, 6.45) is 14.0. The molecule has 4 amide bonds. The maximum absolute atomic E-state index is 13.6. The van der Waals surface area contributed by atoms with Gasteiger partial charge in [0.05, 0.1) is 11.5 Å². The Morgan fingerprint density at radius 3 is 2.13 bits per heavy atom. The van der Waals surface area contributed by atoms with E-state index in [9.17, 15) is 19.5 Å². The van der Waals surface area contributed by atoms with Crippen LogP contribution in [-0.4, -0.2) is 89.1 Å². The van der Waals surface area contributed by atoms with Crippen molar-refractivity contribution in [1.29, 1.82) is 0 Å². The maximum Gasteiger partial charge on any atom is 0.320 e. The van der Waals surface area contributed by atoms with Crippen molar-refractivity contribution in [2.24, 2.45) is 34.5 Å². The first kappa shape index (κ1) is 26.1. The second kappa shape index (κ2) is 9.92. The molecule has 3 unspecified atom stereocenters. The highest BCUT2D eigenvalue weighted by Gasteiger charge is 2.58. The van der Waals surface area contributed by atoms with Crippen LogP contribution in [0.4, 0.5) is 4.79 Å². The summed E-state index contributed by atoms with van der Waals surface area (Å²) in [6, 6.07) is 0.146. The summed E-state index contributed by atoms with van der Waals surface area (Å²) in [4.78, 5) is 46.3. The predicted octanol–water partition coefficient (Wildman–Crippen LogP) is 3.38. The van der Waals surface area contributed by atoms with Gasteiger partial charge in [-0.3, -0.25) is 9.59 Å². The fourth-order valence-electron chi connectivity index (χ4n) is 10.2. The highest BCUT2D eigenvalue weighted by atomic mass is 16.3. The Bertz CT molecular complexity index is 971. The summed E-state index contributed by atoms with van der Waals surface area (Å²) in [7, 11) is 0. The minimum atomic E-state index is -0.294. The second-order valence-electron chi connectivity index (χ2n) is 14.8. The van der Waals surface area contributed by atoms with Gasteiger partial charge in [-0.2, -0.15) is 0 Å². The molecule has 0 aromatic rings. The van der Waals surface area contributed by atoms with Gasteiger partial charge >= 0.3 is 6.03 Å². The van der Waals surface area contributed by atoms with Crippen molar-refractivity contribution in [3.8, 4) is 0 Å². The van der Waals surface area contributed by atoms with Crippen LogP contribution in [0.5, 0.6) is 0 Å². The maximum atomic E-state index is 13.6. The Morgan fingerprint density at radius 2 is 1.44 bits per heavy atom. The molecule has 2 N–H and O–H groups in total. The quantitative estimate of drug-likeness (QED) is 0.574. The van der Waals surface area contributed by atoms with Crippen molar-refractivity contribution >= 4 is 17.8 Å². The summed E-state index contributed by atoms with van der Waals surface area (Å²) in [5, 5.41) is 14.0. The number of rotatable bonds is 3. The van der Waals surface area contributed by atoms with E-state index in [0.717, 1.165) is 110 Å². The van der Waals surface area contributed by atoms with Gasteiger partial charge in [0.15, 0.2) is 0 Å². The van der Waals surface area contributed by atoms with Crippen molar-refractivity contribution in [3.63, 3.8) is 0 Å². The molecular formula is C31H48N4O4. The molecule has 3 saturated heterocycles. The molecule has 0 radical (unpaired) electrons. The third kappa shape index (κ3) is 4.66. The Balaban J connectivity index is 0.912. The summed E-state index contributed by atoms with van der Waals surface area (Å²) in [5.41, 5.74) is -0.105. The Kier molecular flexibility index (Phi) is 6.63. The molecule has 3 heterocycles. The monoisotopic (exact) mass is 540 g/mol. The zero-order valence-electron chi connectivity index (χ0n) is 23.6. The molecular weight excluding hydrogens is 492 g/mol. The molecule has 8 fully saturated rings. The topological polar surface area (TPSA) is 93.2 Å². The Hall–Kier alpha value is -1.83. The Labute approximate surface area is 233 Å². The van der Waals surface area contributed by atoms with E-state index >= 15 is 0 Å². The van der Waals surface area contributed by atoms with E-state index < -0.39 is 0 Å². The number of likely N-dealkylation sites (tertiary alicyclic amines) is 3. The number of nitrogens with one attached hydrogen (secondary N) is 1. The van der Waals surface area contributed by atoms with Crippen molar-refractivity contribution in [2.45, 2.75) is 102 Å². The molecule has 4 bridgehead atoms. The fraction of sp³-hybridized carbons (Fsp3) is 0.903. The van der Waals surface area contributed by atoms with E-state index in [1.165, 1.54) is 12.8 Å². The molecule has 5 aliphatic carbocycles. The first-order chi connectivity index (χ1) is 18.8. The molecule has 8 aliphatic rings. The average molecular weight is 541 g/mol. The zero-order valence-corrected chi connectivity index (χ0v) is 23.6. The lowest BCUT2D eigenvalue weighted by Crippen LogP contribution is -2.61. The summed E-state index contributed by atoms with van der Waals surface area (Å²) in [6.45, 7) is 4.68. The van der Waals surface area contributed by atoms with Gasteiger partial charge in [0.25, 0.3) is 0 Å². The van der Waals surface area contributed by atoms with E-state index in [-0.39, 0.29) is 40.8 Å². The van der Waals surface area contributed by atoms with Crippen LogP contribution >= 0.6 is 0 Å². The minimum Gasteiger partial charge on any atom is -0.393 e. The second-order valence-corrected chi connectivity index (χ2v) is 14.8. The molecule has 0 aromatic carbocycles. The lowest BCUT2D eigenvalue weighted by Gasteiger charge is -2.58. The van der Waals surface area contributed by atoms with E-state index in [1.807, 2.05) is 9.80 Å². The molecule has 8 rings (SSSR count). The standard InChI is InChI=1S/C31H48N4O4/c36-26-23-14-21-15-24(26)18-31(16-21,17-23)28(38)32-25-6-3-10-34(19-25)29(39)33-11-7-30(8-12-33)9-13-35(20-30)27(37)22-4-1-2-5-22/h21-26,36H,1-20H2,(H,32,38). The van der Waals surface area contributed by atoms with Crippen molar-refractivity contribution in [1.82, 2.24) is 20.0 Å². The molecule has 39 heavy (non-hydrogen) atoms. The number of carbonyl (C=O) groups excluding carboxylic acids is 3. The van der Waals surface area contributed by atoms with E-state index in [1.54, 1.807) is 0 Å². The number of piperidine rings is 2. The van der Waals surface area contributed by atoms with Gasteiger partial charge < -0.3 is 25.1 Å². The van der Waals surface area contributed by atoms with Gasteiger partial charge in [0, 0.05) is 51.2 Å². The number of urea groups is 1. The third-order valence-corrected chi connectivity index (χ3v) is 12.3. The van der Waals surface area contributed by atoms with Gasteiger partial charge in [-0.25, -0.2) is 4.79 Å². The number of amides is 4. The number of nitrogens with zero attached hydrogens (tertiary/aromatic N) is 3. The molecule has 8 nitrogen and oxygen atoms in total. The van der Waals surface area contributed by atoms with Crippen molar-refractivity contribution in [3.05, 3.63) is 0 Å². The van der Waals surface area contributed by atoms with Gasteiger partial charge in [-0.1, -0.05) is 12.8 Å². The third-order valence-electron chi connectivity index (χ3n) is 12.3. The molecule has 8 heteroatoms. The van der Waals surface area contributed by atoms with Crippen LogP contribution in [0, 0.1) is 34.5 Å². The van der Waals surface area contributed by atoms with Crippen molar-refractivity contribution < 1.29 is 19.5 Å². The first-order valence-electron chi connectivity index (χ1n) is 16.1. The highest BCUT2D eigenvalue weighted by Crippen LogP contribution is 2.60. The normalized spacial score (nSPS) is 39.5. The largest absolute Gasteiger partial charge is 0.393 e. The fourth-order valence-corrected chi connectivity index (χ4v) is 10.2. The van der Waals surface area contributed by atoms with Crippen LogP contribution < -0.4 is 5.32 Å². The Morgan fingerprint density at radius 1 is 0.769 bits per heavy atom. The first-order valence-corrected chi connectivity index (χ1v) is 16.1. The highest BCUT2D eigenvalue weighted by molar-refractivity contribution is 5.84. The molecule has 5 saturated carbocycles. The summed E-state index contributed by atoms with van der Waals surface area (Å²) < 4.78 is 0. The number of carbonyl (C=O) groups is 3. The van der Waals surface area contributed by atoms with Crippen LogP contribution in [0.25, 0.3) is 0 Å². The molecule has 1 spiro atoms. The summed E-state index contributed by atoms with van der Waals surface area (Å²) >= 11 is 0. The van der Waals surface area contributed by atoms with Gasteiger partial charge in [-0.15, -0.1) is 0 Å². The van der Waals surface area contributed by atoms with E-state index in [2.05, 4.69) is 10.2 Å². The molecule has 3 aliphatic heterocycles. The smallest absolute Gasteiger partial charge is 0.320 e. The number of hydrogen-bond acceptors (Lipinski definition) is 4. The van der Waals surface area contributed by atoms with Crippen LogP contribution in [0.2, 0.25) is 0 Å². The average Bonchev–Trinajstić information content (AvgIpc) is 3.62. The number of aliphatic hydroxyl groups excluding tert-OH is 1. The minimum absolute atomic E-state index is 0.0225. The van der Waals surface area contributed by atoms with Gasteiger partial charge in [0.2, 0.25) is 11.8 Å². The SMILES string of the molecule is O=C(C1CCCC1)N1CCC2(CCN(C(=O)N3CCCC(NC(=O)C45CC6CC(C4)C(O)C(C6)C5)C3)CC2)C1. The molecule has 216 valence electrons. The van der Waals surface area contributed by atoms with Gasteiger partial charge in [0.1, 0.15) is 0 Å². The number of aliphatic hydroxyl groups is 1. The van der Waals surface area contributed by atoms with Crippen LogP contribution in [0.15, 0.2) is 0 Å². The number of hydrogen-bond donors (Lipinski definition) is 2. The predicted molar refractivity (Wildman–Crippen MR) is 147 cm³/mol. The van der Waals surface area contributed by atoms with E-state index in [0.29, 0.717) is 30.2 Å². The zero-order chi connectivity index (χ0) is 26.8. The van der Waals surface area contributed by atoms with Crippen LogP contribution in [0.3, 0.4) is 0 Å². The lowest BCUT2D eigenvalue weighted by atomic mass is 9.48. The van der Waals surface area contributed by atoms with Crippen LogP contribution in [0.1, 0.15) is 89.9 Å². The van der Waals surface area contributed by atoms with Gasteiger partial charge in [-0.05, 0) is 100 Å². The molecule has 0 aromatic heterocycles. The van der Waals surface area contributed by atoms with Crippen LogP contribution in [-0.2, 0) is 9.59 Å². The van der Waals surface area contributed by atoms with Crippen molar-refractivity contribution in [2.75, 3.05) is 39.3 Å². The lowest BCUT2D eigenvalue weighted by molar-refractivity contribution is -0.164. The van der Waals surface area contributed by atoms with E-state index in [4.69, 9.17) is 0 Å². The molecule has 3 atom stereocenters.